The first-order valence-corrected chi connectivity index (χ1v) is 11.6. The highest BCUT2D eigenvalue weighted by Gasteiger charge is 2.25. The Balaban J connectivity index is 1.61. The number of para-hydroxylation sites is 2. The Hall–Kier alpha value is -2.38. The molecule has 0 aromatic heterocycles. The SMILES string of the molecule is Cc1ccc(Oc2ccccc2NC(=O)CS(=O)(=O)NC2CCC(C)CC2)cc1. The molecule has 0 unspecified atom stereocenters. The summed E-state index contributed by atoms with van der Waals surface area (Å²) in [5.74, 6) is 0.512. The van der Waals surface area contributed by atoms with Crippen LogP contribution in [0, 0.1) is 12.8 Å². The number of amides is 1. The summed E-state index contributed by atoms with van der Waals surface area (Å²) >= 11 is 0. The van der Waals surface area contributed by atoms with Gasteiger partial charge in [-0.05, 0) is 62.8 Å². The molecule has 1 amide bonds. The van der Waals surface area contributed by atoms with E-state index in [9.17, 15) is 13.2 Å². The lowest BCUT2D eigenvalue weighted by atomic mass is 9.88. The van der Waals surface area contributed by atoms with Crippen LogP contribution >= 0.6 is 0 Å². The largest absolute Gasteiger partial charge is 0.455 e. The molecule has 156 valence electrons. The van der Waals surface area contributed by atoms with Gasteiger partial charge in [0.1, 0.15) is 11.5 Å². The number of carbonyl (C=O) groups excluding carboxylic acids is 1. The molecule has 1 saturated carbocycles. The fourth-order valence-electron chi connectivity index (χ4n) is 3.42. The molecule has 0 saturated heterocycles. The van der Waals surface area contributed by atoms with Crippen molar-refractivity contribution in [3.8, 4) is 11.5 Å². The minimum absolute atomic E-state index is 0.0823. The van der Waals surface area contributed by atoms with Crippen LogP contribution in [-0.4, -0.2) is 26.1 Å². The Morgan fingerprint density at radius 2 is 1.69 bits per heavy atom. The third-order valence-electron chi connectivity index (χ3n) is 5.09. The Morgan fingerprint density at radius 1 is 1.03 bits per heavy atom. The van der Waals surface area contributed by atoms with E-state index in [1.165, 1.54) is 0 Å². The van der Waals surface area contributed by atoms with Gasteiger partial charge in [0, 0.05) is 6.04 Å². The van der Waals surface area contributed by atoms with Gasteiger partial charge in [0.2, 0.25) is 15.9 Å². The van der Waals surface area contributed by atoms with Gasteiger partial charge in [-0.15, -0.1) is 0 Å². The molecule has 0 aliphatic heterocycles. The lowest BCUT2D eigenvalue weighted by Gasteiger charge is -2.26. The number of ether oxygens (including phenoxy) is 1. The average molecular weight is 417 g/mol. The fraction of sp³-hybridized carbons (Fsp3) is 0.409. The molecule has 3 rings (SSSR count). The molecule has 2 N–H and O–H groups in total. The lowest BCUT2D eigenvalue weighted by Crippen LogP contribution is -2.41. The second-order valence-electron chi connectivity index (χ2n) is 7.79. The Morgan fingerprint density at radius 3 is 2.38 bits per heavy atom. The van der Waals surface area contributed by atoms with Crippen molar-refractivity contribution in [2.75, 3.05) is 11.1 Å². The van der Waals surface area contributed by atoms with Crippen LogP contribution in [0.5, 0.6) is 11.5 Å². The number of benzene rings is 2. The summed E-state index contributed by atoms with van der Waals surface area (Å²) in [6.45, 7) is 4.16. The topological polar surface area (TPSA) is 84.5 Å². The first kappa shape index (κ1) is 21.3. The van der Waals surface area contributed by atoms with Gasteiger partial charge in [0.25, 0.3) is 0 Å². The summed E-state index contributed by atoms with van der Waals surface area (Å²) in [7, 11) is -3.70. The zero-order valence-corrected chi connectivity index (χ0v) is 17.7. The highest BCUT2D eigenvalue weighted by molar-refractivity contribution is 7.90. The van der Waals surface area contributed by atoms with Gasteiger partial charge in [-0.1, -0.05) is 36.8 Å². The average Bonchev–Trinajstić information content (AvgIpc) is 2.66. The van der Waals surface area contributed by atoms with Crippen molar-refractivity contribution >= 4 is 21.6 Å². The zero-order valence-electron chi connectivity index (χ0n) is 16.9. The van der Waals surface area contributed by atoms with E-state index in [0.717, 1.165) is 31.2 Å². The standard InChI is InChI=1S/C22H28N2O4S/c1-16-7-11-18(12-8-16)24-29(26,27)15-22(25)23-20-5-3-4-6-21(20)28-19-13-9-17(2)10-14-19/h3-6,9-10,13-14,16,18,24H,7-8,11-12,15H2,1-2H3,(H,23,25). The van der Waals surface area contributed by atoms with Crippen LogP contribution in [0.25, 0.3) is 0 Å². The number of nitrogens with one attached hydrogen (secondary N) is 2. The van der Waals surface area contributed by atoms with Crippen molar-refractivity contribution < 1.29 is 17.9 Å². The number of carbonyl (C=O) groups is 1. The van der Waals surface area contributed by atoms with E-state index in [1.807, 2.05) is 31.2 Å². The lowest BCUT2D eigenvalue weighted by molar-refractivity contribution is -0.113. The zero-order chi connectivity index (χ0) is 20.9. The molecule has 0 heterocycles. The molecule has 1 fully saturated rings. The molecule has 0 spiro atoms. The molecule has 0 radical (unpaired) electrons. The Labute approximate surface area is 172 Å². The maximum Gasteiger partial charge on any atom is 0.241 e. The van der Waals surface area contributed by atoms with Crippen molar-refractivity contribution in [1.29, 1.82) is 0 Å². The number of hydrogen-bond donors (Lipinski definition) is 2. The molecule has 2 aromatic rings. The minimum atomic E-state index is -3.70. The van der Waals surface area contributed by atoms with Crippen LogP contribution in [0.3, 0.4) is 0 Å². The van der Waals surface area contributed by atoms with Crippen LogP contribution in [0.1, 0.15) is 38.2 Å². The number of rotatable bonds is 7. The molecule has 2 aromatic carbocycles. The summed E-state index contributed by atoms with van der Waals surface area (Å²) in [6, 6.07) is 14.4. The first-order chi connectivity index (χ1) is 13.8. The van der Waals surface area contributed by atoms with Crippen LogP contribution in [0.2, 0.25) is 0 Å². The fourth-order valence-corrected chi connectivity index (χ4v) is 4.67. The van der Waals surface area contributed by atoms with Gasteiger partial charge in [-0.2, -0.15) is 0 Å². The van der Waals surface area contributed by atoms with Gasteiger partial charge < -0.3 is 10.1 Å². The smallest absolute Gasteiger partial charge is 0.241 e. The predicted molar refractivity (Wildman–Crippen MR) is 115 cm³/mol. The van der Waals surface area contributed by atoms with E-state index >= 15 is 0 Å². The van der Waals surface area contributed by atoms with Crippen LogP contribution in [0.4, 0.5) is 5.69 Å². The van der Waals surface area contributed by atoms with Gasteiger partial charge in [0.05, 0.1) is 5.69 Å². The third-order valence-corrected chi connectivity index (χ3v) is 6.43. The van der Waals surface area contributed by atoms with Crippen LogP contribution in [0.15, 0.2) is 48.5 Å². The first-order valence-electron chi connectivity index (χ1n) is 9.94. The summed E-state index contributed by atoms with van der Waals surface area (Å²) in [4.78, 5) is 12.4. The van der Waals surface area contributed by atoms with E-state index in [1.54, 1.807) is 24.3 Å². The highest BCUT2D eigenvalue weighted by atomic mass is 32.2. The molecule has 6 nitrogen and oxygen atoms in total. The molecule has 7 heteroatoms. The van der Waals surface area contributed by atoms with Crippen molar-refractivity contribution in [2.24, 2.45) is 5.92 Å². The van der Waals surface area contributed by atoms with E-state index in [0.29, 0.717) is 23.1 Å². The Kier molecular flexibility index (Phi) is 6.92. The summed E-state index contributed by atoms with van der Waals surface area (Å²) < 4.78 is 33.3. The molecular formula is C22H28N2O4S. The van der Waals surface area contributed by atoms with Gasteiger partial charge in [-0.25, -0.2) is 13.1 Å². The monoisotopic (exact) mass is 416 g/mol. The summed E-state index contributed by atoms with van der Waals surface area (Å²) in [5.41, 5.74) is 1.55. The maximum atomic E-state index is 12.4. The summed E-state index contributed by atoms with van der Waals surface area (Å²) in [5, 5.41) is 2.66. The van der Waals surface area contributed by atoms with E-state index in [2.05, 4.69) is 17.0 Å². The van der Waals surface area contributed by atoms with Gasteiger partial charge in [-0.3, -0.25) is 4.79 Å². The highest BCUT2D eigenvalue weighted by Crippen LogP contribution is 2.29. The quantitative estimate of drug-likeness (QED) is 0.708. The van der Waals surface area contributed by atoms with Gasteiger partial charge in [0.15, 0.2) is 5.75 Å². The van der Waals surface area contributed by atoms with Crippen molar-refractivity contribution in [3.63, 3.8) is 0 Å². The number of hydrogen-bond acceptors (Lipinski definition) is 4. The number of anilines is 1. The second kappa shape index (κ2) is 9.41. The minimum Gasteiger partial charge on any atom is -0.455 e. The number of sulfonamides is 1. The maximum absolute atomic E-state index is 12.4. The number of aryl methyl sites for hydroxylation is 1. The summed E-state index contributed by atoms with van der Waals surface area (Å²) in [6.07, 6.45) is 3.64. The van der Waals surface area contributed by atoms with E-state index in [4.69, 9.17) is 4.74 Å². The van der Waals surface area contributed by atoms with Crippen molar-refractivity contribution in [2.45, 2.75) is 45.6 Å². The molecule has 1 aliphatic rings. The third kappa shape index (κ3) is 6.58. The van der Waals surface area contributed by atoms with Crippen LogP contribution in [-0.2, 0) is 14.8 Å². The van der Waals surface area contributed by atoms with Crippen LogP contribution < -0.4 is 14.8 Å². The normalized spacial score (nSPS) is 19.5. The van der Waals surface area contributed by atoms with Crippen molar-refractivity contribution in [3.05, 3.63) is 54.1 Å². The van der Waals surface area contributed by atoms with E-state index < -0.39 is 21.7 Å². The Bertz CT molecular complexity index is 934. The second-order valence-corrected chi connectivity index (χ2v) is 9.55. The molecule has 0 bridgehead atoms. The predicted octanol–water partition coefficient (Wildman–Crippen LogP) is 4.22. The van der Waals surface area contributed by atoms with Crippen molar-refractivity contribution in [1.82, 2.24) is 4.72 Å². The molecular weight excluding hydrogens is 388 g/mol. The molecule has 0 atom stereocenters. The van der Waals surface area contributed by atoms with Gasteiger partial charge >= 0.3 is 0 Å². The molecule has 29 heavy (non-hydrogen) atoms. The molecule has 1 aliphatic carbocycles. The van der Waals surface area contributed by atoms with E-state index in [-0.39, 0.29) is 6.04 Å².